The Kier molecular flexibility index (Phi) is 4.59. The quantitative estimate of drug-likeness (QED) is 0.929. The van der Waals surface area contributed by atoms with E-state index in [2.05, 4.69) is 32.3 Å². The second-order valence-electron chi connectivity index (χ2n) is 4.28. The summed E-state index contributed by atoms with van der Waals surface area (Å²) < 4.78 is 6.31. The van der Waals surface area contributed by atoms with Crippen molar-refractivity contribution in [1.29, 1.82) is 5.26 Å². The van der Waals surface area contributed by atoms with Gasteiger partial charge in [0.05, 0.1) is 7.11 Å². The van der Waals surface area contributed by atoms with Crippen molar-refractivity contribution >= 4 is 21.7 Å². The largest absolute Gasteiger partial charge is 0.496 e. The van der Waals surface area contributed by atoms with Crippen LogP contribution in [0.1, 0.15) is 16.8 Å². The van der Waals surface area contributed by atoms with Gasteiger partial charge in [-0.15, -0.1) is 0 Å². The number of aryl methyl sites for hydroxylation is 1. The number of benzene rings is 1. The van der Waals surface area contributed by atoms with Gasteiger partial charge in [0.1, 0.15) is 23.3 Å². The summed E-state index contributed by atoms with van der Waals surface area (Å²) in [4.78, 5) is 4.26. The summed E-state index contributed by atoms with van der Waals surface area (Å²) in [6.45, 7) is 2.44. The summed E-state index contributed by atoms with van der Waals surface area (Å²) in [7, 11) is 1.64. The highest BCUT2D eigenvalue weighted by Gasteiger charge is 2.05. The first-order valence-electron chi connectivity index (χ1n) is 6.08. The van der Waals surface area contributed by atoms with E-state index >= 15 is 0 Å². The zero-order valence-electron chi connectivity index (χ0n) is 11.3. The molecule has 0 radical (unpaired) electrons. The SMILES string of the molecule is COc1ccc(Br)cc1CNc1ccc(C)c(C#N)n1. The number of anilines is 1. The molecule has 0 fully saturated rings. The number of nitriles is 1. The van der Waals surface area contributed by atoms with Gasteiger partial charge in [-0.25, -0.2) is 4.98 Å². The molecule has 2 rings (SSSR count). The first-order valence-corrected chi connectivity index (χ1v) is 6.87. The zero-order chi connectivity index (χ0) is 14.5. The van der Waals surface area contributed by atoms with E-state index in [0.717, 1.165) is 21.3 Å². The van der Waals surface area contributed by atoms with Crippen LogP contribution in [-0.4, -0.2) is 12.1 Å². The Hall–Kier alpha value is -2.06. The molecule has 2 aromatic rings. The summed E-state index contributed by atoms with van der Waals surface area (Å²) in [5.41, 5.74) is 2.33. The number of nitrogens with one attached hydrogen (secondary N) is 1. The third kappa shape index (κ3) is 3.28. The Morgan fingerprint density at radius 1 is 1.35 bits per heavy atom. The Morgan fingerprint density at radius 3 is 2.85 bits per heavy atom. The third-order valence-corrected chi connectivity index (χ3v) is 3.40. The van der Waals surface area contributed by atoms with Crippen LogP contribution < -0.4 is 10.1 Å². The fraction of sp³-hybridized carbons (Fsp3) is 0.200. The standard InChI is InChI=1S/C15H14BrN3O/c1-10-3-6-15(19-13(10)8-17)18-9-11-7-12(16)4-5-14(11)20-2/h3-7H,9H2,1-2H3,(H,18,19). The molecular weight excluding hydrogens is 318 g/mol. The average molecular weight is 332 g/mol. The fourth-order valence-corrected chi connectivity index (χ4v) is 2.22. The predicted octanol–water partition coefficient (Wildman–Crippen LogP) is 3.64. The summed E-state index contributed by atoms with van der Waals surface area (Å²) in [5, 5.41) is 12.2. The van der Waals surface area contributed by atoms with Gasteiger partial charge in [-0.2, -0.15) is 5.26 Å². The van der Waals surface area contributed by atoms with E-state index in [-0.39, 0.29) is 0 Å². The molecule has 1 heterocycles. The second kappa shape index (κ2) is 6.40. The Balaban J connectivity index is 2.17. The lowest BCUT2D eigenvalue weighted by Crippen LogP contribution is -2.04. The molecule has 1 N–H and O–H groups in total. The van der Waals surface area contributed by atoms with Gasteiger partial charge in [-0.3, -0.25) is 0 Å². The van der Waals surface area contributed by atoms with E-state index in [1.165, 1.54) is 0 Å². The number of hydrogen-bond donors (Lipinski definition) is 1. The highest BCUT2D eigenvalue weighted by Crippen LogP contribution is 2.23. The molecule has 4 nitrogen and oxygen atoms in total. The molecule has 0 amide bonds. The number of ether oxygens (including phenoxy) is 1. The van der Waals surface area contributed by atoms with E-state index in [1.807, 2.05) is 37.3 Å². The lowest BCUT2D eigenvalue weighted by Gasteiger charge is -2.11. The van der Waals surface area contributed by atoms with Crippen LogP contribution in [-0.2, 0) is 6.54 Å². The normalized spacial score (nSPS) is 9.90. The van der Waals surface area contributed by atoms with E-state index in [4.69, 9.17) is 10.00 Å². The molecule has 0 unspecified atom stereocenters. The van der Waals surface area contributed by atoms with Crippen molar-refractivity contribution in [3.63, 3.8) is 0 Å². The first kappa shape index (κ1) is 14.4. The minimum Gasteiger partial charge on any atom is -0.496 e. The van der Waals surface area contributed by atoms with Crippen LogP contribution in [0.25, 0.3) is 0 Å². The molecule has 1 aromatic heterocycles. The van der Waals surface area contributed by atoms with Crippen molar-refractivity contribution in [2.24, 2.45) is 0 Å². The maximum atomic E-state index is 8.98. The van der Waals surface area contributed by atoms with Crippen molar-refractivity contribution < 1.29 is 4.74 Å². The molecule has 0 atom stereocenters. The number of aromatic nitrogens is 1. The van der Waals surface area contributed by atoms with Gasteiger partial charge in [0.25, 0.3) is 0 Å². The van der Waals surface area contributed by atoms with Crippen molar-refractivity contribution in [1.82, 2.24) is 4.98 Å². The molecule has 5 heteroatoms. The van der Waals surface area contributed by atoms with Crippen molar-refractivity contribution in [2.45, 2.75) is 13.5 Å². The van der Waals surface area contributed by atoms with Gasteiger partial charge in [0, 0.05) is 16.6 Å². The average Bonchev–Trinajstić information content (AvgIpc) is 2.46. The lowest BCUT2D eigenvalue weighted by atomic mass is 10.2. The highest BCUT2D eigenvalue weighted by atomic mass is 79.9. The monoisotopic (exact) mass is 331 g/mol. The van der Waals surface area contributed by atoms with Crippen molar-refractivity contribution in [3.05, 3.63) is 51.6 Å². The molecule has 102 valence electrons. The van der Waals surface area contributed by atoms with Gasteiger partial charge in [0.2, 0.25) is 0 Å². The number of methoxy groups -OCH3 is 1. The lowest BCUT2D eigenvalue weighted by molar-refractivity contribution is 0.410. The number of nitrogens with zero attached hydrogens (tertiary/aromatic N) is 2. The number of halogens is 1. The highest BCUT2D eigenvalue weighted by molar-refractivity contribution is 9.10. The van der Waals surface area contributed by atoms with Crippen LogP contribution in [0.15, 0.2) is 34.8 Å². The molecule has 0 saturated carbocycles. The van der Waals surface area contributed by atoms with Crippen LogP contribution in [0, 0.1) is 18.3 Å². The smallest absolute Gasteiger partial charge is 0.145 e. The topological polar surface area (TPSA) is 57.9 Å². The van der Waals surface area contributed by atoms with Crippen LogP contribution in [0.2, 0.25) is 0 Å². The summed E-state index contributed by atoms with van der Waals surface area (Å²) >= 11 is 3.44. The second-order valence-corrected chi connectivity index (χ2v) is 5.20. The van der Waals surface area contributed by atoms with E-state index < -0.39 is 0 Å². The minimum atomic E-state index is 0.441. The van der Waals surface area contributed by atoms with Crippen LogP contribution in [0.3, 0.4) is 0 Å². The number of hydrogen-bond acceptors (Lipinski definition) is 4. The molecule has 0 spiro atoms. The van der Waals surface area contributed by atoms with Crippen molar-refractivity contribution in [3.8, 4) is 11.8 Å². The zero-order valence-corrected chi connectivity index (χ0v) is 12.9. The van der Waals surface area contributed by atoms with E-state index in [0.29, 0.717) is 18.1 Å². The van der Waals surface area contributed by atoms with Gasteiger partial charge in [0.15, 0.2) is 0 Å². The van der Waals surface area contributed by atoms with Crippen LogP contribution in [0.4, 0.5) is 5.82 Å². The maximum Gasteiger partial charge on any atom is 0.145 e. The summed E-state index contributed by atoms with van der Waals surface area (Å²) in [6.07, 6.45) is 0. The van der Waals surface area contributed by atoms with Gasteiger partial charge in [-0.1, -0.05) is 22.0 Å². The van der Waals surface area contributed by atoms with Crippen molar-refractivity contribution in [2.75, 3.05) is 12.4 Å². The van der Waals surface area contributed by atoms with E-state index in [1.54, 1.807) is 7.11 Å². The Morgan fingerprint density at radius 2 is 2.15 bits per heavy atom. The molecule has 0 aliphatic carbocycles. The van der Waals surface area contributed by atoms with Crippen LogP contribution in [0.5, 0.6) is 5.75 Å². The van der Waals surface area contributed by atoms with E-state index in [9.17, 15) is 0 Å². The minimum absolute atomic E-state index is 0.441. The number of rotatable bonds is 4. The molecule has 1 aromatic carbocycles. The number of pyridine rings is 1. The molecule has 0 aliphatic heterocycles. The Labute approximate surface area is 126 Å². The van der Waals surface area contributed by atoms with Crippen LogP contribution >= 0.6 is 15.9 Å². The van der Waals surface area contributed by atoms with Gasteiger partial charge < -0.3 is 10.1 Å². The van der Waals surface area contributed by atoms with Gasteiger partial charge in [-0.05, 0) is 36.8 Å². The van der Waals surface area contributed by atoms with Gasteiger partial charge >= 0.3 is 0 Å². The molecule has 0 saturated heterocycles. The maximum absolute atomic E-state index is 8.98. The predicted molar refractivity (Wildman–Crippen MR) is 81.7 cm³/mol. The molecule has 0 bridgehead atoms. The summed E-state index contributed by atoms with van der Waals surface area (Å²) in [6, 6.07) is 11.7. The third-order valence-electron chi connectivity index (χ3n) is 2.91. The fourth-order valence-electron chi connectivity index (χ4n) is 1.81. The molecular formula is C15H14BrN3O. The molecule has 0 aliphatic rings. The first-order chi connectivity index (χ1) is 9.63. The summed E-state index contributed by atoms with van der Waals surface area (Å²) in [5.74, 6) is 1.49. The Bertz CT molecular complexity index is 665. The molecule has 20 heavy (non-hydrogen) atoms.